The molecule has 5 rings (SSSR count). The maximum absolute atomic E-state index is 6.26. The second-order valence-electron chi connectivity index (χ2n) is 8.76. The zero-order valence-corrected chi connectivity index (χ0v) is 20.1. The summed E-state index contributed by atoms with van der Waals surface area (Å²) in [5, 5.41) is 1.45. The molecule has 0 aliphatic carbocycles. The van der Waals surface area contributed by atoms with Crippen LogP contribution >= 0.6 is 22.9 Å². The van der Waals surface area contributed by atoms with Crippen LogP contribution in [0.15, 0.2) is 36.4 Å². The van der Waals surface area contributed by atoms with Crippen LogP contribution in [0.25, 0.3) is 10.2 Å². The highest BCUT2D eigenvalue weighted by atomic mass is 35.5. The summed E-state index contributed by atoms with van der Waals surface area (Å²) < 4.78 is 5.50. The number of anilines is 1. The quantitative estimate of drug-likeness (QED) is 0.500. The van der Waals surface area contributed by atoms with Crippen molar-refractivity contribution in [1.29, 1.82) is 0 Å². The highest BCUT2D eigenvalue weighted by molar-refractivity contribution is 7.18. The summed E-state index contributed by atoms with van der Waals surface area (Å²) in [6, 6.07) is 13.7. The lowest BCUT2D eigenvalue weighted by molar-refractivity contribution is 0.120. The third-order valence-corrected chi connectivity index (χ3v) is 7.72. The van der Waals surface area contributed by atoms with Gasteiger partial charge < -0.3 is 9.64 Å². The number of likely N-dealkylation sites (tertiary alicyclic amines) is 1. The van der Waals surface area contributed by atoms with E-state index in [1.807, 2.05) is 0 Å². The van der Waals surface area contributed by atoms with Crippen LogP contribution in [0.2, 0.25) is 5.28 Å². The van der Waals surface area contributed by atoms with Gasteiger partial charge in [0.25, 0.3) is 0 Å². The van der Waals surface area contributed by atoms with E-state index in [9.17, 15) is 0 Å². The first kappa shape index (κ1) is 22.0. The van der Waals surface area contributed by atoms with Crippen LogP contribution in [0.4, 0.5) is 5.82 Å². The van der Waals surface area contributed by atoms with Crippen LogP contribution in [-0.2, 0) is 17.8 Å². The summed E-state index contributed by atoms with van der Waals surface area (Å²) in [7, 11) is 2.26. The molecule has 2 aromatic heterocycles. The van der Waals surface area contributed by atoms with Gasteiger partial charge in [-0.25, -0.2) is 4.98 Å². The Labute approximate surface area is 198 Å². The number of thiophene rings is 1. The number of aromatic nitrogens is 2. The number of morpholine rings is 1. The molecule has 0 N–H and O–H groups in total. The molecule has 0 atom stereocenters. The Kier molecular flexibility index (Phi) is 6.90. The first-order valence-corrected chi connectivity index (χ1v) is 12.6. The summed E-state index contributed by atoms with van der Waals surface area (Å²) in [5.74, 6) is 0.951. The van der Waals surface area contributed by atoms with E-state index in [0.29, 0.717) is 11.3 Å². The van der Waals surface area contributed by atoms with Crippen molar-refractivity contribution >= 4 is 39.0 Å². The van der Waals surface area contributed by atoms with Crippen molar-refractivity contribution in [2.45, 2.75) is 32.0 Å². The molecule has 32 heavy (non-hydrogen) atoms. The fraction of sp³-hybridized carbons (Fsp3) is 0.500. The maximum atomic E-state index is 6.26. The maximum Gasteiger partial charge on any atom is 0.225 e. The topological polar surface area (TPSA) is 44.7 Å². The number of fused-ring (bicyclic) bond motifs is 1. The molecule has 0 bridgehead atoms. The van der Waals surface area contributed by atoms with Crippen molar-refractivity contribution in [1.82, 2.24) is 19.8 Å². The molecule has 4 heterocycles. The van der Waals surface area contributed by atoms with E-state index >= 15 is 0 Å². The van der Waals surface area contributed by atoms with E-state index in [4.69, 9.17) is 16.3 Å². The van der Waals surface area contributed by atoms with Crippen molar-refractivity contribution < 1.29 is 4.74 Å². The predicted molar refractivity (Wildman–Crippen MR) is 132 cm³/mol. The molecule has 0 amide bonds. The predicted octanol–water partition coefficient (Wildman–Crippen LogP) is 4.28. The SMILES string of the molecule is CN(Cc1ccccc1)C1CCN(Cc2cc3c(N4CCOCC4)nc(Cl)nc3s2)CC1. The van der Waals surface area contributed by atoms with Gasteiger partial charge in [-0.3, -0.25) is 9.80 Å². The van der Waals surface area contributed by atoms with Crippen LogP contribution < -0.4 is 4.90 Å². The fourth-order valence-electron chi connectivity index (χ4n) is 4.76. The molecule has 0 unspecified atom stereocenters. The minimum atomic E-state index is 0.328. The summed E-state index contributed by atoms with van der Waals surface area (Å²) in [4.78, 5) is 18.7. The third kappa shape index (κ3) is 5.07. The Morgan fingerprint density at radius 2 is 1.84 bits per heavy atom. The van der Waals surface area contributed by atoms with Crippen LogP contribution in [-0.4, -0.2) is 72.3 Å². The molecule has 0 radical (unpaired) electrons. The van der Waals surface area contributed by atoms with E-state index in [2.05, 4.69) is 68.1 Å². The lowest BCUT2D eigenvalue weighted by Crippen LogP contribution is -2.42. The minimum Gasteiger partial charge on any atom is -0.378 e. The monoisotopic (exact) mass is 471 g/mol. The van der Waals surface area contributed by atoms with Crippen LogP contribution in [0, 0.1) is 0 Å². The normalized spacial score (nSPS) is 18.7. The molecule has 2 fully saturated rings. The van der Waals surface area contributed by atoms with Gasteiger partial charge in [0.1, 0.15) is 10.6 Å². The molecule has 1 aromatic carbocycles. The minimum absolute atomic E-state index is 0.328. The molecule has 2 saturated heterocycles. The number of hydrogen-bond acceptors (Lipinski definition) is 7. The highest BCUT2D eigenvalue weighted by Crippen LogP contribution is 2.33. The van der Waals surface area contributed by atoms with Gasteiger partial charge >= 0.3 is 0 Å². The number of hydrogen-bond donors (Lipinski definition) is 0. The number of rotatable bonds is 6. The first-order valence-electron chi connectivity index (χ1n) is 11.4. The van der Waals surface area contributed by atoms with E-state index in [-0.39, 0.29) is 0 Å². The van der Waals surface area contributed by atoms with E-state index in [1.54, 1.807) is 11.3 Å². The second kappa shape index (κ2) is 10.0. The number of benzene rings is 1. The van der Waals surface area contributed by atoms with Gasteiger partial charge in [-0.1, -0.05) is 30.3 Å². The number of halogens is 1. The molecule has 0 saturated carbocycles. The lowest BCUT2D eigenvalue weighted by Gasteiger charge is -2.36. The van der Waals surface area contributed by atoms with Crippen LogP contribution in [0.3, 0.4) is 0 Å². The van der Waals surface area contributed by atoms with Crippen molar-refractivity contribution in [2.75, 3.05) is 51.3 Å². The smallest absolute Gasteiger partial charge is 0.225 e. The number of piperidine rings is 1. The van der Waals surface area contributed by atoms with Gasteiger partial charge in [0.05, 0.1) is 18.6 Å². The zero-order chi connectivity index (χ0) is 21.9. The Morgan fingerprint density at radius 3 is 2.59 bits per heavy atom. The second-order valence-corrected chi connectivity index (χ2v) is 10.2. The van der Waals surface area contributed by atoms with Crippen molar-refractivity contribution in [3.8, 4) is 0 Å². The van der Waals surface area contributed by atoms with Gasteiger partial charge in [-0.2, -0.15) is 4.98 Å². The Hall–Kier alpha value is -1.77. The van der Waals surface area contributed by atoms with Gasteiger partial charge in [0.2, 0.25) is 5.28 Å². The molecule has 0 spiro atoms. The van der Waals surface area contributed by atoms with Gasteiger partial charge in [0, 0.05) is 50.2 Å². The number of nitrogens with zero attached hydrogens (tertiary/aromatic N) is 5. The molecular formula is C24H30ClN5OS. The van der Waals surface area contributed by atoms with Crippen molar-refractivity contribution in [3.05, 3.63) is 52.1 Å². The Balaban J connectivity index is 1.22. The Bertz CT molecular complexity index is 1030. The van der Waals surface area contributed by atoms with Gasteiger partial charge in [-0.15, -0.1) is 11.3 Å². The Morgan fingerprint density at radius 1 is 1.09 bits per heavy atom. The third-order valence-electron chi connectivity index (χ3n) is 6.54. The van der Waals surface area contributed by atoms with Crippen LogP contribution in [0.1, 0.15) is 23.3 Å². The fourth-order valence-corrected chi connectivity index (χ4v) is 6.04. The summed E-state index contributed by atoms with van der Waals surface area (Å²) in [6.45, 7) is 7.39. The first-order chi connectivity index (χ1) is 15.7. The van der Waals surface area contributed by atoms with Gasteiger partial charge in [-0.05, 0) is 43.1 Å². The molecule has 2 aliphatic heterocycles. The van der Waals surface area contributed by atoms with E-state index in [1.165, 1.54) is 23.3 Å². The molecule has 6 nitrogen and oxygen atoms in total. The van der Waals surface area contributed by atoms with Crippen molar-refractivity contribution in [2.24, 2.45) is 0 Å². The van der Waals surface area contributed by atoms with E-state index < -0.39 is 0 Å². The zero-order valence-electron chi connectivity index (χ0n) is 18.5. The summed E-state index contributed by atoms with van der Waals surface area (Å²) >= 11 is 8.01. The molecule has 8 heteroatoms. The van der Waals surface area contributed by atoms with Gasteiger partial charge in [0.15, 0.2) is 0 Å². The number of ether oxygens (including phenoxy) is 1. The largest absolute Gasteiger partial charge is 0.378 e. The standard InChI is InChI=1S/C24H30ClN5OS/c1-28(16-18-5-3-2-4-6-18)19-7-9-29(10-8-19)17-20-15-21-22(30-11-13-31-14-12-30)26-24(25)27-23(21)32-20/h2-6,15,19H,7-14,16-17H2,1H3. The van der Waals surface area contributed by atoms with Crippen molar-refractivity contribution in [3.63, 3.8) is 0 Å². The molecule has 170 valence electrons. The van der Waals surface area contributed by atoms with Crippen LogP contribution in [0.5, 0.6) is 0 Å². The average Bonchev–Trinajstić information content (AvgIpc) is 3.22. The highest BCUT2D eigenvalue weighted by Gasteiger charge is 2.24. The summed E-state index contributed by atoms with van der Waals surface area (Å²) in [5.41, 5.74) is 1.39. The average molecular weight is 472 g/mol. The van der Waals surface area contributed by atoms with E-state index in [0.717, 1.165) is 68.5 Å². The molecule has 2 aliphatic rings. The molecule has 3 aromatic rings. The molecular weight excluding hydrogens is 442 g/mol. The lowest BCUT2D eigenvalue weighted by atomic mass is 10.0. The summed E-state index contributed by atoms with van der Waals surface area (Å²) in [6.07, 6.45) is 2.41.